The Balaban J connectivity index is 2.29. The van der Waals surface area contributed by atoms with E-state index in [9.17, 15) is 18.0 Å². The van der Waals surface area contributed by atoms with Gasteiger partial charge in [-0.25, -0.2) is 8.42 Å². The predicted molar refractivity (Wildman–Crippen MR) is 151 cm³/mol. The third kappa shape index (κ3) is 9.04. The first-order valence-corrected chi connectivity index (χ1v) is 14.8. The molecule has 1 atom stereocenters. The molecule has 2 amide bonds. The maximum Gasteiger partial charge on any atom is 0.243 e. The SMILES string of the molecule is CC[C@H](C(=O)NC(C)(C)C)N(Cc1ccccc1Cl)C(=O)CCCN(c1cc(C)ccc1C)S(C)(=O)=O. The number of carbonyl (C=O) groups excluding carboxylic acids is 2. The number of benzene rings is 2. The van der Waals surface area contributed by atoms with E-state index in [1.54, 1.807) is 11.0 Å². The summed E-state index contributed by atoms with van der Waals surface area (Å²) in [6.45, 7) is 11.7. The maximum absolute atomic E-state index is 13.6. The zero-order valence-electron chi connectivity index (χ0n) is 23.0. The van der Waals surface area contributed by atoms with Gasteiger partial charge in [0, 0.05) is 30.1 Å². The molecule has 9 heteroatoms. The number of nitrogens with zero attached hydrogens (tertiary/aromatic N) is 2. The topological polar surface area (TPSA) is 86.8 Å². The summed E-state index contributed by atoms with van der Waals surface area (Å²) in [5, 5.41) is 3.50. The first-order chi connectivity index (χ1) is 17.1. The number of rotatable bonds is 11. The Hall–Kier alpha value is -2.58. The minimum Gasteiger partial charge on any atom is -0.350 e. The predicted octanol–water partition coefficient (Wildman–Crippen LogP) is 5.23. The Morgan fingerprint density at radius 1 is 1.08 bits per heavy atom. The molecule has 0 aliphatic rings. The average Bonchev–Trinajstić information content (AvgIpc) is 2.77. The van der Waals surface area contributed by atoms with E-state index in [0.717, 1.165) is 16.7 Å². The largest absolute Gasteiger partial charge is 0.350 e. The van der Waals surface area contributed by atoms with E-state index in [-0.39, 0.29) is 31.3 Å². The first-order valence-electron chi connectivity index (χ1n) is 12.5. The van der Waals surface area contributed by atoms with Crippen molar-refractivity contribution >= 4 is 39.1 Å². The lowest BCUT2D eigenvalue weighted by Crippen LogP contribution is -2.53. The monoisotopic (exact) mass is 549 g/mol. The molecule has 0 bridgehead atoms. The van der Waals surface area contributed by atoms with Crippen molar-refractivity contribution in [3.05, 3.63) is 64.2 Å². The standard InChI is InChI=1S/C28H40ClN3O4S/c1-8-24(27(34)30-28(4,5)6)31(19-22-12-9-10-13-23(22)29)26(33)14-11-17-32(37(7,35)36)25-18-20(2)15-16-21(25)3/h9-10,12-13,15-16,18,24H,8,11,14,17,19H2,1-7H3,(H,30,34)/t24-/m1/s1. The molecule has 2 aromatic carbocycles. The summed E-state index contributed by atoms with van der Waals surface area (Å²) in [7, 11) is -3.56. The third-order valence-corrected chi connectivity index (χ3v) is 7.52. The number of halogens is 1. The van der Waals surface area contributed by atoms with Gasteiger partial charge in [0.1, 0.15) is 6.04 Å². The van der Waals surface area contributed by atoms with Crippen molar-refractivity contribution in [2.45, 2.75) is 78.9 Å². The summed E-state index contributed by atoms with van der Waals surface area (Å²) in [6, 6.07) is 12.2. The summed E-state index contributed by atoms with van der Waals surface area (Å²) < 4.78 is 26.6. The van der Waals surface area contributed by atoms with Crippen LogP contribution in [-0.2, 0) is 26.2 Å². The highest BCUT2D eigenvalue weighted by Crippen LogP contribution is 2.25. The van der Waals surface area contributed by atoms with Gasteiger partial charge in [0.2, 0.25) is 21.8 Å². The second-order valence-corrected chi connectivity index (χ2v) is 12.8. The Morgan fingerprint density at radius 3 is 2.30 bits per heavy atom. The molecule has 0 heterocycles. The van der Waals surface area contributed by atoms with Gasteiger partial charge >= 0.3 is 0 Å². The molecular weight excluding hydrogens is 510 g/mol. The van der Waals surface area contributed by atoms with Gasteiger partial charge in [-0.1, -0.05) is 48.9 Å². The Morgan fingerprint density at radius 2 is 1.73 bits per heavy atom. The van der Waals surface area contributed by atoms with Crippen LogP contribution < -0.4 is 9.62 Å². The molecule has 0 spiro atoms. The highest BCUT2D eigenvalue weighted by atomic mass is 35.5. The Bertz CT molecular complexity index is 1210. The number of hydrogen-bond donors (Lipinski definition) is 1. The number of amides is 2. The molecule has 0 fully saturated rings. The lowest BCUT2D eigenvalue weighted by molar-refractivity contribution is -0.142. The smallest absolute Gasteiger partial charge is 0.243 e. The van der Waals surface area contributed by atoms with E-state index >= 15 is 0 Å². The summed E-state index contributed by atoms with van der Waals surface area (Å²) in [5.41, 5.74) is 2.69. The fourth-order valence-corrected chi connectivity index (χ4v) is 5.36. The van der Waals surface area contributed by atoms with Gasteiger partial charge < -0.3 is 10.2 Å². The molecule has 0 saturated carbocycles. The van der Waals surface area contributed by atoms with Crippen LogP contribution in [0.25, 0.3) is 0 Å². The molecule has 0 saturated heterocycles. The van der Waals surface area contributed by atoms with Crippen molar-refractivity contribution < 1.29 is 18.0 Å². The van der Waals surface area contributed by atoms with E-state index in [1.807, 2.05) is 77.9 Å². The van der Waals surface area contributed by atoms with Gasteiger partial charge in [0.25, 0.3) is 0 Å². The first kappa shape index (κ1) is 30.6. The zero-order valence-corrected chi connectivity index (χ0v) is 24.5. The van der Waals surface area contributed by atoms with E-state index < -0.39 is 21.6 Å². The van der Waals surface area contributed by atoms with Gasteiger partial charge in [-0.05, 0) is 76.3 Å². The van der Waals surface area contributed by atoms with Crippen LogP contribution in [0, 0.1) is 13.8 Å². The van der Waals surface area contributed by atoms with E-state index in [2.05, 4.69) is 5.32 Å². The molecule has 0 aliphatic heterocycles. The Labute approximate surface area is 227 Å². The summed E-state index contributed by atoms with van der Waals surface area (Å²) in [4.78, 5) is 28.3. The van der Waals surface area contributed by atoms with Crippen LogP contribution in [-0.4, -0.2) is 49.5 Å². The molecule has 2 aromatic rings. The molecule has 1 N–H and O–H groups in total. The zero-order chi connectivity index (χ0) is 28.0. The highest BCUT2D eigenvalue weighted by molar-refractivity contribution is 7.92. The molecule has 0 unspecified atom stereocenters. The van der Waals surface area contributed by atoms with Gasteiger partial charge in [0.15, 0.2) is 0 Å². The van der Waals surface area contributed by atoms with Crippen LogP contribution in [0.5, 0.6) is 0 Å². The summed E-state index contributed by atoms with van der Waals surface area (Å²) in [5.74, 6) is -0.464. The van der Waals surface area contributed by atoms with Crippen molar-refractivity contribution in [2.24, 2.45) is 0 Å². The van der Waals surface area contributed by atoms with Gasteiger partial charge in [0.05, 0.1) is 11.9 Å². The van der Waals surface area contributed by atoms with Gasteiger partial charge in [-0.2, -0.15) is 0 Å². The number of hydrogen-bond acceptors (Lipinski definition) is 4. The van der Waals surface area contributed by atoms with Crippen LogP contribution in [0.1, 0.15) is 63.6 Å². The molecule has 204 valence electrons. The molecule has 0 aromatic heterocycles. The van der Waals surface area contributed by atoms with Gasteiger partial charge in [-0.3, -0.25) is 13.9 Å². The van der Waals surface area contributed by atoms with Crippen LogP contribution in [0.4, 0.5) is 5.69 Å². The van der Waals surface area contributed by atoms with Crippen LogP contribution in [0.15, 0.2) is 42.5 Å². The molecule has 37 heavy (non-hydrogen) atoms. The van der Waals surface area contributed by atoms with Crippen molar-refractivity contribution in [2.75, 3.05) is 17.1 Å². The fraction of sp³-hybridized carbons (Fsp3) is 0.500. The molecule has 0 radical (unpaired) electrons. The fourth-order valence-electron chi connectivity index (χ4n) is 4.15. The number of sulfonamides is 1. The molecular formula is C28H40ClN3O4S. The van der Waals surface area contributed by atoms with E-state index in [1.165, 1.54) is 10.6 Å². The Kier molecular flexibility index (Phi) is 10.6. The van der Waals surface area contributed by atoms with Crippen LogP contribution in [0.2, 0.25) is 5.02 Å². The van der Waals surface area contributed by atoms with Crippen molar-refractivity contribution in [1.29, 1.82) is 0 Å². The van der Waals surface area contributed by atoms with E-state index in [0.29, 0.717) is 23.6 Å². The van der Waals surface area contributed by atoms with Gasteiger partial charge in [-0.15, -0.1) is 0 Å². The maximum atomic E-state index is 13.6. The van der Waals surface area contributed by atoms with Crippen molar-refractivity contribution in [1.82, 2.24) is 10.2 Å². The second-order valence-electron chi connectivity index (χ2n) is 10.5. The molecule has 7 nitrogen and oxygen atoms in total. The van der Waals surface area contributed by atoms with Crippen molar-refractivity contribution in [3.63, 3.8) is 0 Å². The lowest BCUT2D eigenvalue weighted by atomic mass is 10.0. The number of aryl methyl sites for hydroxylation is 2. The number of carbonyl (C=O) groups is 2. The van der Waals surface area contributed by atoms with Crippen LogP contribution in [0.3, 0.4) is 0 Å². The number of nitrogens with one attached hydrogen (secondary N) is 1. The lowest BCUT2D eigenvalue weighted by Gasteiger charge is -2.33. The number of anilines is 1. The minimum absolute atomic E-state index is 0.0840. The second kappa shape index (κ2) is 12.8. The quantitative estimate of drug-likeness (QED) is 0.416. The summed E-state index contributed by atoms with van der Waals surface area (Å²) >= 11 is 6.39. The molecule has 2 rings (SSSR count). The van der Waals surface area contributed by atoms with E-state index in [4.69, 9.17) is 11.6 Å². The minimum atomic E-state index is -3.56. The average molecular weight is 550 g/mol. The van der Waals surface area contributed by atoms with Crippen LogP contribution >= 0.6 is 11.6 Å². The van der Waals surface area contributed by atoms with Crippen molar-refractivity contribution in [3.8, 4) is 0 Å². The molecule has 0 aliphatic carbocycles. The summed E-state index contributed by atoms with van der Waals surface area (Å²) in [6.07, 6.45) is 1.98. The third-order valence-electron chi connectivity index (χ3n) is 5.97. The normalized spacial score (nSPS) is 12.6. The highest BCUT2D eigenvalue weighted by Gasteiger charge is 2.31.